The minimum absolute atomic E-state index is 0.255. The second kappa shape index (κ2) is 4.52. The molecule has 0 heterocycles. The molecular weight excluding hydrogens is 204 g/mol. The third kappa shape index (κ3) is 2.22. The van der Waals surface area contributed by atoms with Crippen molar-refractivity contribution < 1.29 is 0 Å². The molecule has 0 spiro atoms. The number of hydrogen-bond donors (Lipinski definition) is 0. The van der Waals surface area contributed by atoms with Gasteiger partial charge in [0.25, 0.3) is 0 Å². The number of benzene rings is 2. The molecule has 0 saturated heterocycles. The highest BCUT2D eigenvalue weighted by Crippen LogP contribution is 2.33. The van der Waals surface area contributed by atoms with Crippen LogP contribution in [0.4, 0.5) is 0 Å². The first-order valence-electron chi connectivity index (χ1n) is 6.60. The second-order valence-electron chi connectivity index (χ2n) is 5.46. The van der Waals surface area contributed by atoms with Gasteiger partial charge < -0.3 is 0 Å². The molecule has 0 radical (unpaired) electrons. The van der Waals surface area contributed by atoms with Crippen molar-refractivity contribution in [1.82, 2.24) is 0 Å². The van der Waals surface area contributed by atoms with E-state index in [1.165, 1.54) is 28.3 Å². The number of fused-ring (bicyclic) bond motifs is 1. The summed E-state index contributed by atoms with van der Waals surface area (Å²) in [6.45, 7) is 9.18. The van der Waals surface area contributed by atoms with Crippen molar-refractivity contribution in [3.8, 4) is 0 Å². The van der Waals surface area contributed by atoms with E-state index in [9.17, 15) is 0 Å². The van der Waals surface area contributed by atoms with E-state index >= 15 is 0 Å². The topological polar surface area (TPSA) is 0 Å². The van der Waals surface area contributed by atoms with Crippen molar-refractivity contribution in [3.63, 3.8) is 0 Å². The second-order valence-corrected chi connectivity index (χ2v) is 5.46. The lowest BCUT2D eigenvalue weighted by Crippen LogP contribution is -2.16. The summed E-state index contributed by atoms with van der Waals surface area (Å²) in [4.78, 5) is 0. The van der Waals surface area contributed by atoms with Gasteiger partial charge in [-0.1, -0.05) is 64.1 Å². The quantitative estimate of drug-likeness (QED) is 0.684. The van der Waals surface area contributed by atoms with Crippen molar-refractivity contribution in [2.75, 3.05) is 0 Å². The van der Waals surface area contributed by atoms with Gasteiger partial charge >= 0.3 is 0 Å². The van der Waals surface area contributed by atoms with E-state index in [0.29, 0.717) is 0 Å². The maximum absolute atomic E-state index is 2.39. The van der Waals surface area contributed by atoms with Crippen LogP contribution in [0.2, 0.25) is 0 Å². The van der Waals surface area contributed by atoms with Gasteiger partial charge in [0.1, 0.15) is 0 Å². The Labute approximate surface area is 105 Å². The molecule has 0 aliphatic carbocycles. The van der Waals surface area contributed by atoms with Crippen LogP contribution in [0.25, 0.3) is 10.8 Å². The van der Waals surface area contributed by atoms with Crippen molar-refractivity contribution in [2.45, 2.75) is 46.0 Å². The lowest BCUT2D eigenvalue weighted by atomic mass is 9.79. The van der Waals surface area contributed by atoms with Gasteiger partial charge in [0.2, 0.25) is 0 Å². The molecule has 0 unspecified atom stereocenters. The molecule has 2 rings (SSSR count). The van der Waals surface area contributed by atoms with Crippen molar-refractivity contribution in [1.29, 1.82) is 0 Å². The predicted octanol–water partition coefficient (Wildman–Crippen LogP) is 5.09. The zero-order valence-corrected chi connectivity index (χ0v) is 11.4. The zero-order chi connectivity index (χ0) is 12.5. The van der Waals surface area contributed by atoms with Gasteiger partial charge in [-0.3, -0.25) is 0 Å². The van der Waals surface area contributed by atoms with E-state index in [1.54, 1.807) is 0 Å². The van der Waals surface area contributed by atoms with E-state index in [0.717, 1.165) is 6.42 Å². The average molecular weight is 226 g/mol. The molecular formula is C17H22. The Kier molecular flexibility index (Phi) is 3.24. The van der Waals surface area contributed by atoms with E-state index in [4.69, 9.17) is 0 Å². The molecule has 0 fully saturated rings. The SMILES string of the molecule is CCc1cc(C(C)(C)CC)c2ccccc2c1. The van der Waals surface area contributed by atoms with Gasteiger partial charge in [0.05, 0.1) is 0 Å². The Hall–Kier alpha value is -1.30. The summed E-state index contributed by atoms with van der Waals surface area (Å²) in [7, 11) is 0. The first kappa shape index (κ1) is 12.2. The molecule has 0 bridgehead atoms. The standard InChI is InChI=1S/C17H22/c1-5-13-11-14-9-7-8-10-15(14)16(12-13)17(3,4)6-2/h7-12H,5-6H2,1-4H3. The fourth-order valence-electron chi connectivity index (χ4n) is 2.33. The van der Waals surface area contributed by atoms with Gasteiger partial charge in [-0.2, -0.15) is 0 Å². The van der Waals surface area contributed by atoms with Crippen LogP contribution in [0.3, 0.4) is 0 Å². The maximum atomic E-state index is 2.39. The third-order valence-electron chi connectivity index (χ3n) is 3.94. The number of hydrogen-bond acceptors (Lipinski definition) is 0. The summed E-state index contributed by atoms with van der Waals surface area (Å²) in [5, 5.41) is 2.79. The minimum atomic E-state index is 0.255. The summed E-state index contributed by atoms with van der Waals surface area (Å²) in [5.41, 5.74) is 3.19. The highest BCUT2D eigenvalue weighted by Gasteiger charge is 2.20. The van der Waals surface area contributed by atoms with Crippen molar-refractivity contribution >= 4 is 10.8 Å². The fraction of sp³-hybridized carbons (Fsp3) is 0.412. The van der Waals surface area contributed by atoms with Crippen LogP contribution in [-0.4, -0.2) is 0 Å². The van der Waals surface area contributed by atoms with E-state index in [1.807, 2.05) is 0 Å². The summed E-state index contributed by atoms with van der Waals surface area (Å²) in [6.07, 6.45) is 2.28. The molecule has 0 N–H and O–H groups in total. The van der Waals surface area contributed by atoms with Crippen LogP contribution in [0, 0.1) is 0 Å². The molecule has 0 aromatic heterocycles. The molecule has 0 aliphatic heterocycles. The minimum Gasteiger partial charge on any atom is -0.0646 e. The summed E-state index contributed by atoms with van der Waals surface area (Å²) in [6, 6.07) is 13.5. The first-order valence-corrected chi connectivity index (χ1v) is 6.60. The van der Waals surface area contributed by atoms with Gasteiger partial charge in [-0.05, 0) is 40.2 Å². The lowest BCUT2D eigenvalue weighted by molar-refractivity contribution is 0.510. The molecule has 90 valence electrons. The highest BCUT2D eigenvalue weighted by molar-refractivity contribution is 5.87. The fourth-order valence-corrected chi connectivity index (χ4v) is 2.33. The van der Waals surface area contributed by atoms with Gasteiger partial charge in [-0.25, -0.2) is 0 Å². The molecule has 0 atom stereocenters. The average Bonchev–Trinajstić information content (AvgIpc) is 2.37. The van der Waals surface area contributed by atoms with Crippen LogP contribution in [0.1, 0.15) is 45.2 Å². The van der Waals surface area contributed by atoms with E-state index < -0.39 is 0 Å². The Morgan fingerprint density at radius 2 is 1.71 bits per heavy atom. The maximum Gasteiger partial charge on any atom is -0.00999 e. The Balaban J connectivity index is 2.75. The Bertz CT molecular complexity index is 521. The van der Waals surface area contributed by atoms with Crippen LogP contribution < -0.4 is 0 Å². The molecule has 0 amide bonds. The van der Waals surface area contributed by atoms with Crippen LogP contribution >= 0.6 is 0 Å². The smallest absolute Gasteiger partial charge is 0.00999 e. The molecule has 0 saturated carbocycles. The van der Waals surface area contributed by atoms with Crippen molar-refractivity contribution in [2.24, 2.45) is 0 Å². The molecule has 2 aromatic carbocycles. The zero-order valence-electron chi connectivity index (χ0n) is 11.4. The highest BCUT2D eigenvalue weighted by atomic mass is 14.2. The van der Waals surface area contributed by atoms with Crippen molar-refractivity contribution in [3.05, 3.63) is 47.5 Å². The normalized spacial score (nSPS) is 12.0. The number of rotatable bonds is 3. The largest absolute Gasteiger partial charge is 0.0646 e. The molecule has 0 aliphatic rings. The van der Waals surface area contributed by atoms with E-state index in [-0.39, 0.29) is 5.41 Å². The molecule has 0 nitrogen and oxygen atoms in total. The molecule has 17 heavy (non-hydrogen) atoms. The van der Waals surface area contributed by atoms with Gasteiger partial charge in [0, 0.05) is 0 Å². The van der Waals surface area contributed by atoms with Crippen LogP contribution in [-0.2, 0) is 11.8 Å². The number of aryl methyl sites for hydroxylation is 1. The lowest BCUT2D eigenvalue weighted by Gasteiger charge is -2.26. The van der Waals surface area contributed by atoms with E-state index in [2.05, 4.69) is 64.1 Å². The Morgan fingerprint density at radius 1 is 1.00 bits per heavy atom. The third-order valence-corrected chi connectivity index (χ3v) is 3.94. The van der Waals surface area contributed by atoms with Crippen LogP contribution in [0.5, 0.6) is 0 Å². The summed E-state index contributed by atoms with van der Waals surface area (Å²) < 4.78 is 0. The Morgan fingerprint density at radius 3 is 2.35 bits per heavy atom. The monoisotopic (exact) mass is 226 g/mol. The first-order chi connectivity index (χ1) is 8.08. The predicted molar refractivity (Wildman–Crippen MR) is 76.6 cm³/mol. The summed E-state index contributed by atoms with van der Waals surface area (Å²) in [5.74, 6) is 0. The van der Waals surface area contributed by atoms with Gasteiger partial charge in [0.15, 0.2) is 0 Å². The summed E-state index contributed by atoms with van der Waals surface area (Å²) >= 11 is 0. The van der Waals surface area contributed by atoms with Crippen LogP contribution in [0.15, 0.2) is 36.4 Å². The molecule has 0 heteroatoms. The molecule has 2 aromatic rings. The van der Waals surface area contributed by atoms with Gasteiger partial charge in [-0.15, -0.1) is 0 Å².